The highest BCUT2D eigenvalue weighted by atomic mass is 16.6. The summed E-state index contributed by atoms with van der Waals surface area (Å²) in [4.78, 5) is 30.7. The van der Waals surface area contributed by atoms with Gasteiger partial charge < -0.3 is 19.9 Å². The molecular weight excluding hydrogens is 286 g/mol. The maximum absolute atomic E-state index is 12.2. The Kier molecular flexibility index (Phi) is 3.66. The molecule has 3 rings (SSSR count). The lowest BCUT2D eigenvalue weighted by molar-refractivity contribution is -0.389. The number of nitrogens with zero attached hydrogens (tertiary/aromatic N) is 5. The number of hydrogen-bond donors (Lipinski definition) is 0. The van der Waals surface area contributed by atoms with Gasteiger partial charge in [-0.05, 0) is 23.8 Å². The van der Waals surface area contributed by atoms with Crippen molar-refractivity contribution in [2.75, 3.05) is 31.6 Å². The summed E-state index contributed by atoms with van der Waals surface area (Å²) in [5, 5.41) is 11.4. The van der Waals surface area contributed by atoms with Gasteiger partial charge in [-0.15, -0.1) is 0 Å². The molecule has 0 atom stereocenters. The van der Waals surface area contributed by atoms with Gasteiger partial charge in [-0.2, -0.15) is 9.38 Å². The molecule has 0 radical (unpaired) electrons. The lowest BCUT2D eigenvalue weighted by Gasteiger charge is -2.20. The number of anilines is 1. The number of amides is 1. The molecule has 2 aromatic rings. The third-order valence-electron chi connectivity index (χ3n) is 3.85. The zero-order valence-electron chi connectivity index (χ0n) is 12.3. The number of pyridine rings is 1. The Hall–Kier alpha value is -2.64. The molecule has 0 aromatic carbocycles. The first-order valence-electron chi connectivity index (χ1n) is 7.18. The van der Waals surface area contributed by atoms with E-state index >= 15 is 0 Å². The number of fused-ring (bicyclic) bond motifs is 1. The summed E-state index contributed by atoms with van der Waals surface area (Å²) in [7, 11) is 1.66. The Bertz CT molecular complexity index is 720. The number of nitro groups is 1. The fourth-order valence-electron chi connectivity index (χ4n) is 2.74. The lowest BCUT2D eigenvalue weighted by atomic mass is 10.4. The lowest BCUT2D eigenvalue weighted by Crippen LogP contribution is -2.37. The van der Waals surface area contributed by atoms with Crippen LogP contribution in [0.3, 0.4) is 0 Å². The van der Waals surface area contributed by atoms with E-state index in [0.29, 0.717) is 5.65 Å². The maximum atomic E-state index is 12.2. The van der Waals surface area contributed by atoms with Gasteiger partial charge in [0, 0.05) is 26.2 Å². The van der Waals surface area contributed by atoms with Crippen molar-refractivity contribution in [3.05, 3.63) is 34.5 Å². The van der Waals surface area contributed by atoms with Crippen molar-refractivity contribution in [3.8, 4) is 0 Å². The Morgan fingerprint density at radius 2 is 2.14 bits per heavy atom. The van der Waals surface area contributed by atoms with Crippen LogP contribution in [-0.4, -0.2) is 51.8 Å². The largest absolute Gasteiger partial charge is 0.372 e. The Morgan fingerprint density at radius 1 is 1.41 bits per heavy atom. The Morgan fingerprint density at radius 3 is 2.82 bits per heavy atom. The van der Waals surface area contributed by atoms with Gasteiger partial charge in [0.15, 0.2) is 0 Å². The fourth-order valence-corrected chi connectivity index (χ4v) is 2.74. The highest BCUT2D eigenvalue weighted by molar-refractivity contribution is 5.82. The average molecular weight is 303 g/mol. The van der Waals surface area contributed by atoms with E-state index in [2.05, 4.69) is 4.98 Å². The second-order valence-electron chi connectivity index (χ2n) is 5.39. The van der Waals surface area contributed by atoms with Gasteiger partial charge in [0.05, 0.1) is 12.7 Å². The van der Waals surface area contributed by atoms with E-state index in [0.717, 1.165) is 25.9 Å². The molecule has 0 aliphatic carbocycles. The highest BCUT2D eigenvalue weighted by Crippen LogP contribution is 2.28. The first-order chi connectivity index (χ1) is 10.6. The van der Waals surface area contributed by atoms with E-state index in [9.17, 15) is 14.9 Å². The molecule has 0 spiro atoms. The predicted molar refractivity (Wildman–Crippen MR) is 80.9 cm³/mol. The molecule has 3 heterocycles. The number of likely N-dealkylation sites (tertiary alicyclic amines) is 1. The summed E-state index contributed by atoms with van der Waals surface area (Å²) in [6.07, 6.45) is 3.63. The highest BCUT2D eigenvalue weighted by Gasteiger charge is 2.27. The summed E-state index contributed by atoms with van der Waals surface area (Å²) >= 11 is 0. The van der Waals surface area contributed by atoms with Gasteiger partial charge >= 0.3 is 5.82 Å². The van der Waals surface area contributed by atoms with Crippen molar-refractivity contribution < 1.29 is 9.72 Å². The number of carbonyl (C=O) groups is 1. The zero-order chi connectivity index (χ0) is 15.7. The van der Waals surface area contributed by atoms with E-state index in [1.54, 1.807) is 41.2 Å². The monoisotopic (exact) mass is 303 g/mol. The van der Waals surface area contributed by atoms with E-state index in [1.165, 1.54) is 4.40 Å². The van der Waals surface area contributed by atoms with E-state index in [1.807, 2.05) is 0 Å². The molecule has 8 nitrogen and oxygen atoms in total. The number of likely N-dealkylation sites (N-methyl/N-ethyl adjacent to an activating group) is 1. The minimum atomic E-state index is -0.466. The quantitative estimate of drug-likeness (QED) is 0.628. The minimum Gasteiger partial charge on any atom is -0.358 e. The molecule has 1 aliphatic heterocycles. The molecular formula is C14H17N5O3. The van der Waals surface area contributed by atoms with E-state index < -0.39 is 4.92 Å². The Labute approximate surface area is 127 Å². The van der Waals surface area contributed by atoms with Crippen LogP contribution in [-0.2, 0) is 4.79 Å². The van der Waals surface area contributed by atoms with Gasteiger partial charge in [-0.3, -0.25) is 4.79 Å². The minimum absolute atomic E-state index is 0.0219. The van der Waals surface area contributed by atoms with Crippen LogP contribution >= 0.6 is 0 Å². The summed E-state index contributed by atoms with van der Waals surface area (Å²) in [5.41, 5.74) is 0.490. The normalized spacial score (nSPS) is 14.5. The molecule has 0 saturated carbocycles. The predicted octanol–water partition coefficient (Wildman–Crippen LogP) is 1.30. The Balaban J connectivity index is 1.89. The number of hydrogen-bond acceptors (Lipinski definition) is 5. The molecule has 1 saturated heterocycles. The smallest absolute Gasteiger partial charge is 0.358 e. The van der Waals surface area contributed by atoms with Crippen molar-refractivity contribution in [3.63, 3.8) is 0 Å². The van der Waals surface area contributed by atoms with Crippen LogP contribution in [0.4, 0.5) is 11.6 Å². The van der Waals surface area contributed by atoms with Crippen LogP contribution in [0.5, 0.6) is 0 Å². The van der Waals surface area contributed by atoms with Crippen LogP contribution in [0.25, 0.3) is 5.65 Å². The van der Waals surface area contributed by atoms with Crippen LogP contribution in [0, 0.1) is 10.1 Å². The third kappa shape index (κ3) is 2.47. The number of carbonyl (C=O) groups excluding carboxylic acids is 1. The van der Waals surface area contributed by atoms with Gasteiger partial charge in [-0.25, -0.2) is 0 Å². The van der Waals surface area contributed by atoms with Crippen molar-refractivity contribution in [2.45, 2.75) is 12.8 Å². The molecule has 2 aromatic heterocycles. The number of imidazole rings is 1. The van der Waals surface area contributed by atoms with E-state index in [-0.39, 0.29) is 24.1 Å². The summed E-state index contributed by atoms with van der Waals surface area (Å²) in [6.45, 7) is 1.62. The van der Waals surface area contributed by atoms with Gasteiger partial charge in [0.1, 0.15) is 0 Å². The molecule has 22 heavy (non-hydrogen) atoms. The SMILES string of the molecule is CN(CC(=O)N1CCCC1)c1nc2ccccn2c1[N+](=O)[O-]. The topological polar surface area (TPSA) is 84.0 Å². The van der Waals surface area contributed by atoms with Gasteiger partial charge in [-0.1, -0.05) is 6.07 Å². The zero-order valence-corrected chi connectivity index (χ0v) is 12.3. The van der Waals surface area contributed by atoms with Crippen LogP contribution in [0.2, 0.25) is 0 Å². The second-order valence-corrected chi connectivity index (χ2v) is 5.39. The number of aromatic nitrogens is 2. The fraction of sp³-hybridized carbons (Fsp3) is 0.429. The van der Waals surface area contributed by atoms with E-state index in [4.69, 9.17) is 0 Å². The molecule has 0 unspecified atom stereocenters. The molecule has 1 amide bonds. The van der Waals surface area contributed by atoms with Gasteiger partial charge in [0.2, 0.25) is 17.4 Å². The summed E-state index contributed by atoms with van der Waals surface area (Å²) < 4.78 is 1.42. The molecule has 1 aliphatic rings. The maximum Gasteiger partial charge on any atom is 0.372 e. The van der Waals surface area contributed by atoms with Crippen molar-refractivity contribution in [2.24, 2.45) is 0 Å². The third-order valence-corrected chi connectivity index (χ3v) is 3.85. The molecule has 116 valence electrons. The second kappa shape index (κ2) is 5.63. The molecule has 1 fully saturated rings. The van der Waals surface area contributed by atoms with Crippen LogP contribution < -0.4 is 4.90 Å². The average Bonchev–Trinajstić information content (AvgIpc) is 3.14. The first kappa shape index (κ1) is 14.3. The molecule has 8 heteroatoms. The van der Waals surface area contributed by atoms with Crippen LogP contribution in [0.1, 0.15) is 12.8 Å². The van der Waals surface area contributed by atoms with Crippen molar-refractivity contribution in [1.82, 2.24) is 14.3 Å². The summed E-state index contributed by atoms with van der Waals surface area (Å²) in [6, 6.07) is 5.18. The molecule has 0 bridgehead atoms. The van der Waals surface area contributed by atoms with Crippen LogP contribution in [0.15, 0.2) is 24.4 Å². The van der Waals surface area contributed by atoms with Crippen molar-refractivity contribution >= 4 is 23.2 Å². The standard InChI is InChI=1S/C14H17N5O3/c1-16(10-12(20)17-7-4-5-8-17)13-14(19(21)22)18-9-3-2-6-11(18)15-13/h2-3,6,9H,4-5,7-8,10H2,1H3. The summed E-state index contributed by atoms with van der Waals surface area (Å²) in [5.74, 6) is 0.0717. The molecule has 0 N–H and O–H groups in total. The van der Waals surface area contributed by atoms with Crippen molar-refractivity contribution in [1.29, 1.82) is 0 Å². The first-order valence-corrected chi connectivity index (χ1v) is 7.18. The van der Waals surface area contributed by atoms with Gasteiger partial charge in [0.25, 0.3) is 0 Å². The number of rotatable bonds is 4.